The molecular weight excluding hydrogens is 241 g/mol. The lowest BCUT2D eigenvalue weighted by Gasteiger charge is -2.07. The number of fused-ring (bicyclic) bond motifs is 1. The molecule has 2 N–H and O–H groups in total. The number of hydrogen-bond donors (Lipinski definition) is 1. The standard InChI is InChI=1S/C15H14FN3/c1-10-8-12(16)7-6-11(10)9-19-14-5-3-2-4-13(14)15(17)18-19/h2-8H,9H2,1H3,(H2,17,18). The third-order valence-corrected chi connectivity index (χ3v) is 3.31. The molecule has 0 spiro atoms. The SMILES string of the molecule is Cc1cc(F)ccc1Cn1nc(N)c2ccccc21. The van der Waals surface area contributed by atoms with Crippen LogP contribution in [-0.4, -0.2) is 9.78 Å². The van der Waals surface area contributed by atoms with Crippen molar-refractivity contribution in [2.75, 3.05) is 5.73 Å². The van der Waals surface area contributed by atoms with Gasteiger partial charge in [-0.3, -0.25) is 4.68 Å². The monoisotopic (exact) mass is 255 g/mol. The summed E-state index contributed by atoms with van der Waals surface area (Å²) in [4.78, 5) is 0. The van der Waals surface area contributed by atoms with Crippen molar-refractivity contribution in [1.29, 1.82) is 0 Å². The molecule has 0 aliphatic carbocycles. The van der Waals surface area contributed by atoms with E-state index in [1.807, 2.05) is 35.9 Å². The minimum atomic E-state index is -0.217. The highest BCUT2D eigenvalue weighted by Gasteiger charge is 2.08. The Morgan fingerprint density at radius 1 is 1.21 bits per heavy atom. The average molecular weight is 255 g/mol. The molecule has 3 aromatic rings. The summed E-state index contributed by atoms with van der Waals surface area (Å²) in [6.45, 7) is 2.48. The molecule has 4 heteroatoms. The van der Waals surface area contributed by atoms with E-state index in [1.54, 1.807) is 6.07 Å². The van der Waals surface area contributed by atoms with E-state index in [1.165, 1.54) is 12.1 Å². The van der Waals surface area contributed by atoms with Gasteiger partial charge in [-0.25, -0.2) is 4.39 Å². The third kappa shape index (κ3) is 2.05. The first-order valence-electron chi connectivity index (χ1n) is 6.11. The molecule has 0 unspecified atom stereocenters. The van der Waals surface area contributed by atoms with Gasteiger partial charge in [-0.05, 0) is 42.3 Å². The maximum atomic E-state index is 13.1. The molecule has 2 aromatic carbocycles. The predicted octanol–water partition coefficient (Wildman–Crippen LogP) is 3.11. The molecule has 1 heterocycles. The first-order valence-corrected chi connectivity index (χ1v) is 6.11. The molecule has 0 amide bonds. The second kappa shape index (κ2) is 4.39. The molecule has 0 saturated heterocycles. The van der Waals surface area contributed by atoms with E-state index in [-0.39, 0.29) is 5.82 Å². The molecule has 0 aliphatic rings. The second-order valence-electron chi connectivity index (χ2n) is 4.63. The zero-order valence-corrected chi connectivity index (χ0v) is 10.6. The van der Waals surface area contributed by atoms with Crippen molar-refractivity contribution in [2.24, 2.45) is 0 Å². The Hall–Kier alpha value is -2.36. The fraction of sp³-hybridized carbons (Fsp3) is 0.133. The summed E-state index contributed by atoms with van der Waals surface area (Å²) in [7, 11) is 0. The van der Waals surface area contributed by atoms with Gasteiger partial charge in [0.2, 0.25) is 0 Å². The summed E-state index contributed by atoms with van der Waals surface area (Å²) < 4.78 is 15.0. The number of aromatic nitrogens is 2. The number of halogens is 1. The van der Waals surface area contributed by atoms with Crippen molar-refractivity contribution in [3.63, 3.8) is 0 Å². The Labute approximate surface area is 110 Å². The van der Waals surface area contributed by atoms with Gasteiger partial charge in [-0.2, -0.15) is 5.10 Å². The molecule has 3 rings (SSSR count). The van der Waals surface area contributed by atoms with Gasteiger partial charge < -0.3 is 5.73 Å². The highest BCUT2D eigenvalue weighted by atomic mass is 19.1. The quantitative estimate of drug-likeness (QED) is 0.764. The van der Waals surface area contributed by atoms with Crippen molar-refractivity contribution in [1.82, 2.24) is 9.78 Å². The van der Waals surface area contributed by atoms with Crippen LogP contribution in [0.5, 0.6) is 0 Å². The minimum absolute atomic E-state index is 0.217. The second-order valence-corrected chi connectivity index (χ2v) is 4.63. The Kier molecular flexibility index (Phi) is 2.71. The van der Waals surface area contributed by atoms with Crippen LogP contribution in [0, 0.1) is 12.7 Å². The molecule has 19 heavy (non-hydrogen) atoms. The number of nitrogens with two attached hydrogens (primary N) is 1. The van der Waals surface area contributed by atoms with Crippen LogP contribution in [0.25, 0.3) is 10.9 Å². The number of nitrogens with zero attached hydrogens (tertiary/aromatic N) is 2. The predicted molar refractivity (Wildman–Crippen MR) is 74.4 cm³/mol. The van der Waals surface area contributed by atoms with Gasteiger partial charge in [-0.15, -0.1) is 0 Å². The van der Waals surface area contributed by atoms with Crippen LogP contribution in [-0.2, 0) is 6.54 Å². The van der Waals surface area contributed by atoms with Gasteiger partial charge in [0, 0.05) is 5.39 Å². The van der Waals surface area contributed by atoms with Crippen molar-refractivity contribution < 1.29 is 4.39 Å². The number of para-hydroxylation sites is 1. The lowest BCUT2D eigenvalue weighted by molar-refractivity contribution is 0.623. The normalized spacial score (nSPS) is 11.1. The van der Waals surface area contributed by atoms with E-state index in [0.717, 1.165) is 22.0 Å². The lowest BCUT2D eigenvalue weighted by atomic mass is 10.1. The number of benzene rings is 2. The Bertz CT molecular complexity index is 746. The van der Waals surface area contributed by atoms with Gasteiger partial charge in [0.05, 0.1) is 12.1 Å². The van der Waals surface area contributed by atoms with Gasteiger partial charge in [0.15, 0.2) is 5.82 Å². The average Bonchev–Trinajstić information content (AvgIpc) is 2.71. The van der Waals surface area contributed by atoms with Crippen LogP contribution in [0.1, 0.15) is 11.1 Å². The van der Waals surface area contributed by atoms with Crippen molar-refractivity contribution in [3.05, 3.63) is 59.4 Å². The van der Waals surface area contributed by atoms with E-state index in [0.29, 0.717) is 12.4 Å². The first-order chi connectivity index (χ1) is 9.15. The summed E-state index contributed by atoms with van der Waals surface area (Å²) in [6, 6.07) is 12.6. The summed E-state index contributed by atoms with van der Waals surface area (Å²) in [5.74, 6) is 0.307. The first kappa shape index (κ1) is 11.7. The van der Waals surface area contributed by atoms with E-state index in [4.69, 9.17) is 5.73 Å². The minimum Gasteiger partial charge on any atom is -0.382 e. The number of aryl methyl sites for hydroxylation is 1. The fourth-order valence-electron chi connectivity index (χ4n) is 2.27. The number of anilines is 1. The Morgan fingerprint density at radius 3 is 2.79 bits per heavy atom. The Morgan fingerprint density at radius 2 is 2.00 bits per heavy atom. The van der Waals surface area contributed by atoms with E-state index >= 15 is 0 Å². The molecule has 1 aromatic heterocycles. The van der Waals surface area contributed by atoms with Crippen LogP contribution < -0.4 is 5.73 Å². The molecule has 3 nitrogen and oxygen atoms in total. The number of nitrogen functional groups attached to an aromatic ring is 1. The molecular formula is C15H14FN3. The maximum Gasteiger partial charge on any atom is 0.153 e. The molecule has 0 atom stereocenters. The van der Waals surface area contributed by atoms with Gasteiger partial charge >= 0.3 is 0 Å². The summed E-state index contributed by atoms with van der Waals surface area (Å²) in [5, 5.41) is 5.30. The van der Waals surface area contributed by atoms with Crippen LogP contribution in [0.3, 0.4) is 0 Å². The smallest absolute Gasteiger partial charge is 0.153 e. The zero-order chi connectivity index (χ0) is 13.4. The highest BCUT2D eigenvalue weighted by Crippen LogP contribution is 2.21. The molecule has 0 radical (unpaired) electrons. The van der Waals surface area contributed by atoms with Crippen molar-refractivity contribution in [2.45, 2.75) is 13.5 Å². The topological polar surface area (TPSA) is 43.8 Å². The van der Waals surface area contributed by atoms with Crippen molar-refractivity contribution >= 4 is 16.7 Å². The molecule has 0 aliphatic heterocycles. The van der Waals surface area contributed by atoms with Crippen molar-refractivity contribution in [3.8, 4) is 0 Å². The number of rotatable bonds is 2. The molecule has 0 bridgehead atoms. The van der Waals surface area contributed by atoms with Gasteiger partial charge in [0.25, 0.3) is 0 Å². The van der Waals surface area contributed by atoms with E-state index < -0.39 is 0 Å². The molecule has 0 saturated carbocycles. The zero-order valence-electron chi connectivity index (χ0n) is 10.6. The molecule has 0 fully saturated rings. The summed E-state index contributed by atoms with van der Waals surface area (Å²) in [5.41, 5.74) is 8.84. The lowest BCUT2D eigenvalue weighted by Crippen LogP contribution is -2.04. The Balaban J connectivity index is 2.06. The van der Waals surface area contributed by atoms with Crippen LogP contribution in [0.15, 0.2) is 42.5 Å². The molecule has 96 valence electrons. The van der Waals surface area contributed by atoms with E-state index in [9.17, 15) is 4.39 Å². The largest absolute Gasteiger partial charge is 0.382 e. The van der Waals surface area contributed by atoms with Crippen LogP contribution in [0.2, 0.25) is 0 Å². The van der Waals surface area contributed by atoms with E-state index in [2.05, 4.69) is 5.10 Å². The van der Waals surface area contributed by atoms with Gasteiger partial charge in [0.1, 0.15) is 5.82 Å². The summed E-state index contributed by atoms with van der Waals surface area (Å²) >= 11 is 0. The van der Waals surface area contributed by atoms with Gasteiger partial charge in [-0.1, -0.05) is 18.2 Å². The fourth-order valence-corrected chi connectivity index (χ4v) is 2.27. The third-order valence-electron chi connectivity index (χ3n) is 3.31. The maximum absolute atomic E-state index is 13.1. The number of hydrogen-bond acceptors (Lipinski definition) is 2. The summed E-state index contributed by atoms with van der Waals surface area (Å²) in [6.07, 6.45) is 0. The van der Waals surface area contributed by atoms with Crippen LogP contribution in [0.4, 0.5) is 10.2 Å². The van der Waals surface area contributed by atoms with Crippen LogP contribution >= 0.6 is 0 Å². The highest BCUT2D eigenvalue weighted by molar-refractivity contribution is 5.89.